The van der Waals surface area contributed by atoms with E-state index in [-0.39, 0.29) is 11.7 Å². The fourth-order valence-corrected chi connectivity index (χ4v) is 5.44. The third-order valence-electron chi connectivity index (χ3n) is 7.36. The number of ether oxygens (including phenoxy) is 2. The van der Waals surface area contributed by atoms with Crippen molar-refractivity contribution < 1.29 is 19.4 Å². The number of para-hydroxylation sites is 1. The maximum Gasteiger partial charge on any atom is 0.340 e. The van der Waals surface area contributed by atoms with Crippen LogP contribution in [0.25, 0.3) is 0 Å². The molecule has 0 radical (unpaired) electrons. The summed E-state index contributed by atoms with van der Waals surface area (Å²) in [7, 11) is 0. The molecule has 1 atom stereocenters. The lowest BCUT2D eigenvalue weighted by atomic mass is 9.77. The SMILES string of the molecule is CCN(CC)c1ccc2c(c1)Oc1cc(O)c(Nc3ccccc3C)cc1C21OC(=O)c2ccccc21. The van der Waals surface area contributed by atoms with E-state index in [2.05, 4.69) is 24.1 Å². The molecule has 2 aliphatic heterocycles. The molecule has 2 aliphatic rings. The number of carbonyl (C=O) groups is 1. The van der Waals surface area contributed by atoms with Crippen LogP contribution in [0.2, 0.25) is 0 Å². The molecule has 2 heterocycles. The second-order valence-electron chi connectivity index (χ2n) is 9.38. The van der Waals surface area contributed by atoms with Gasteiger partial charge in [-0.25, -0.2) is 4.79 Å². The van der Waals surface area contributed by atoms with E-state index in [0.29, 0.717) is 28.3 Å². The molecule has 0 aliphatic carbocycles. The summed E-state index contributed by atoms with van der Waals surface area (Å²) in [5.41, 5.74) is 4.92. The van der Waals surface area contributed by atoms with Crippen LogP contribution in [0.1, 0.15) is 46.5 Å². The number of carbonyl (C=O) groups excluding carboxylic acids is 1. The Morgan fingerprint density at radius 3 is 2.35 bits per heavy atom. The highest BCUT2D eigenvalue weighted by atomic mass is 16.6. The average molecular weight is 493 g/mol. The molecule has 0 saturated carbocycles. The summed E-state index contributed by atoms with van der Waals surface area (Å²) in [4.78, 5) is 15.4. The first-order chi connectivity index (χ1) is 18.0. The van der Waals surface area contributed by atoms with Crippen LogP contribution < -0.4 is 15.0 Å². The third kappa shape index (κ3) is 3.44. The maximum absolute atomic E-state index is 13.2. The monoisotopic (exact) mass is 492 g/mol. The summed E-state index contributed by atoms with van der Waals surface area (Å²) < 4.78 is 12.7. The lowest BCUT2D eigenvalue weighted by Gasteiger charge is -2.37. The lowest BCUT2D eigenvalue weighted by Crippen LogP contribution is -2.33. The van der Waals surface area contributed by atoms with Crippen molar-refractivity contribution >= 4 is 23.0 Å². The molecule has 0 amide bonds. The third-order valence-corrected chi connectivity index (χ3v) is 7.36. The van der Waals surface area contributed by atoms with Gasteiger partial charge >= 0.3 is 5.97 Å². The van der Waals surface area contributed by atoms with Crippen LogP contribution in [0.3, 0.4) is 0 Å². The van der Waals surface area contributed by atoms with E-state index in [9.17, 15) is 9.90 Å². The molecule has 0 aromatic heterocycles. The minimum atomic E-state index is -1.20. The molecular formula is C31H28N2O4. The van der Waals surface area contributed by atoms with Crippen LogP contribution in [0.4, 0.5) is 17.1 Å². The predicted octanol–water partition coefficient (Wildman–Crippen LogP) is 6.86. The van der Waals surface area contributed by atoms with Crippen molar-refractivity contribution in [2.24, 2.45) is 0 Å². The zero-order chi connectivity index (χ0) is 25.7. The second kappa shape index (κ2) is 8.59. The molecular weight excluding hydrogens is 464 g/mol. The summed E-state index contributed by atoms with van der Waals surface area (Å²) in [5, 5.41) is 14.3. The summed E-state index contributed by atoms with van der Waals surface area (Å²) >= 11 is 0. The van der Waals surface area contributed by atoms with Crippen LogP contribution >= 0.6 is 0 Å². The molecule has 0 saturated heterocycles. The number of hydrogen-bond acceptors (Lipinski definition) is 6. The molecule has 6 heteroatoms. The van der Waals surface area contributed by atoms with Gasteiger partial charge in [0, 0.05) is 53.3 Å². The maximum atomic E-state index is 13.2. The molecule has 6 rings (SSSR count). The number of esters is 1. The first kappa shape index (κ1) is 23.0. The van der Waals surface area contributed by atoms with Crippen molar-refractivity contribution in [1.29, 1.82) is 0 Å². The highest BCUT2D eigenvalue weighted by Crippen LogP contribution is 2.58. The predicted molar refractivity (Wildman–Crippen MR) is 144 cm³/mol. The topological polar surface area (TPSA) is 71.0 Å². The van der Waals surface area contributed by atoms with E-state index in [4.69, 9.17) is 9.47 Å². The number of hydrogen-bond donors (Lipinski definition) is 2. The Labute approximate surface area is 216 Å². The molecule has 2 N–H and O–H groups in total. The number of fused-ring (bicyclic) bond motifs is 6. The van der Waals surface area contributed by atoms with Gasteiger partial charge in [0.05, 0.1) is 11.3 Å². The molecule has 4 aromatic carbocycles. The summed E-state index contributed by atoms with van der Waals surface area (Å²) in [6.07, 6.45) is 0. The molecule has 4 aromatic rings. The molecule has 0 bridgehead atoms. The number of aryl methyl sites for hydroxylation is 1. The van der Waals surface area contributed by atoms with Gasteiger partial charge in [0.15, 0.2) is 5.60 Å². The zero-order valence-electron chi connectivity index (χ0n) is 21.0. The number of nitrogens with zero attached hydrogens (tertiary/aromatic N) is 1. The van der Waals surface area contributed by atoms with Crippen LogP contribution in [-0.4, -0.2) is 24.2 Å². The fourth-order valence-electron chi connectivity index (χ4n) is 5.44. The van der Waals surface area contributed by atoms with Gasteiger partial charge in [-0.2, -0.15) is 0 Å². The Morgan fingerprint density at radius 1 is 0.838 bits per heavy atom. The van der Waals surface area contributed by atoms with Gasteiger partial charge < -0.3 is 24.8 Å². The number of benzene rings is 4. The Kier molecular flexibility index (Phi) is 5.33. The van der Waals surface area contributed by atoms with E-state index in [1.165, 1.54) is 0 Å². The number of phenolic OH excluding ortho intramolecular Hbond substituents is 1. The van der Waals surface area contributed by atoms with Crippen LogP contribution in [0.15, 0.2) is 78.9 Å². The average Bonchev–Trinajstić information content (AvgIpc) is 3.20. The largest absolute Gasteiger partial charge is 0.506 e. The van der Waals surface area contributed by atoms with Crippen LogP contribution in [0.5, 0.6) is 17.2 Å². The number of phenols is 1. The van der Waals surface area contributed by atoms with Crippen molar-refractivity contribution in [2.75, 3.05) is 23.3 Å². The van der Waals surface area contributed by atoms with E-state index in [1.54, 1.807) is 12.1 Å². The molecule has 1 spiro atoms. The molecule has 1 unspecified atom stereocenters. The standard InChI is InChI=1S/C31H28N2O4/c1-4-33(5-2)20-14-15-23-28(16-20)36-29-18-27(34)26(32-25-13-9-6-10-19(25)3)17-24(29)31(23)22-12-8-7-11-21(22)30(35)37-31/h6-18,32,34H,4-5H2,1-3H3. The number of aromatic hydroxyl groups is 1. The number of rotatable bonds is 5. The van der Waals surface area contributed by atoms with Gasteiger partial charge in [0.25, 0.3) is 0 Å². The van der Waals surface area contributed by atoms with E-state index in [0.717, 1.165) is 41.2 Å². The first-order valence-electron chi connectivity index (χ1n) is 12.6. The van der Waals surface area contributed by atoms with Crippen LogP contribution in [0, 0.1) is 6.92 Å². The second-order valence-corrected chi connectivity index (χ2v) is 9.38. The quantitative estimate of drug-likeness (QED) is 0.234. The van der Waals surface area contributed by atoms with Gasteiger partial charge in [-0.15, -0.1) is 0 Å². The highest BCUT2D eigenvalue weighted by Gasteiger charge is 2.53. The van der Waals surface area contributed by atoms with Gasteiger partial charge in [-0.05, 0) is 56.7 Å². The normalized spacial score (nSPS) is 16.9. The number of nitrogens with one attached hydrogen (secondary N) is 1. The van der Waals surface area contributed by atoms with Gasteiger partial charge in [0.2, 0.25) is 0 Å². The summed E-state index contributed by atoms with van der Waals surface area (Å²) in [6, 6.07) is 24.8. The fraction of sp³-hybridized carbons (Fsp3) is 0.194. The van der Waals surface area contributed by atoms with Crippen molar-refractivity contribution in [2.45, 2.75) is 26.4 Å². The molecule has 0 fully saturated rings. The van der Waals surface area contributed by atoms with Gasteiger partial charge in [-0.1, -0.05) is 36.4 Å². The molecule has 186 valence electrons. The first-order valence-corrected chi connectivity index (χ1v) is 12.6. The van der Waals surface area contributed by atoms with E-state index in [1.807, 2.05) is 73.7 Å². The summed E-state index contributed by atoms with van der Waals surface area (Å²) in [5.74, 6) is 0.698. The Bertz CT molecular complexity index is 1540. The van der Waals surface area contributed by atoms with Gasteiger partial charge in [0.1, 0.15) is 17.2 Å². The Balaban J connectivity index is 1.58. The van der Waals surface area contributed by atoms with Crippen molar-refractivity contribution in [3.8, 4) is 17.2 Å². The van der Waals surface area contributed by atoms with Gasteiger partial charge in [-0.3, -0.25) is 0 Å². The highest BCUT2D eigenvalue weighted by molar-refractivity contribution is 5.97. The number of anilines is 3. The Morgan fingerprint density at radius 2 is 1.57 bits per heavy atom. The molecule has 37 heavy (non-hydrogen) atoms. The van der Waals surface area contributed by atoms with Crippen LogP contribution in [-0.2, 0) is 10.3 Å². The lowest BCUT2D eigenvalue weighted by molar-refractivity contribution is 0.0224. The minimum absolute atomic E-state index is 0.0399. The van der Waals surface area contributed by atoms with E-state index < -0.39 is 5.60 Å². The summed E-state index contributed by atoms with van der Waals surface area (Å²) in [6.45, 7) is 7.92. The van der Waals surface area contributed by atoms with Crippen molar-refractivity contribution in [3.05, 3.63) is 107 Å². The molecule has 6 nitrogen and oxygen atoms in total. The Hall–Kier alpha value is -4.45. The zero-order valence-corrected chi connectivity index (χ0v) is 21.0. The van der Waals surface area contributed by atoms with Crippen molar-refractivity contribution in [1.82, 2.24) is 0 Å². The smallest absolute Gasteiger partial charge is 0.340 e. The van der Waals surface area contributed by atoms with E-state index >= 15 is 0 Å². The minimum Gasteiger partial charge on any atom is -0.506 e. The van der Waals surface area contributed by atoms with Crippen molar-refractivity contribution in [3.63, 3.8) is 0 Å².